The van der Waals surface area contributed by atoms with Crippen LogP contribution in [-0.4, -0.2) is 17.2 Å². The van der Waals surface area contributed by atoms with E-state index in [4.69, 9.17) is 0 Å². The van der Waals surface area contributed by atoms with E-state index in [1.165, 1.54) is 0 Å². The van der Waals surface area contributed by atoms with Crippen molar-refractivity contribution in [1.82, 2.24) is 0 Å². The Balaban J connectivity index is 2.60. The second-order valence-electron chi connectivity index (χ2n) is 3.78. The van der Waals surface area contributed by atoms with Gasteiger partial charge in [-0.05, 0) is 29.1 Å². The predicted octanol–water partition coefficient (Wildman–Crippen LogP) is 1.34. The lowest BCUT2D eigenvalue weighted by Crippen LogP contribution is -2.31. The predicted molar refractivity (Wildman–Crippen MR) is 66.4 cm³/mol. The molecule has 0 saturated heterocycles. The molecular formula is C13H13BO2. The maximum absolute atomic E-state index is 9.31. The summed E-state index contributed by atoms with van der Waals surface area (Å²) in [6.45, 7) is 2.01. The molecule has 2 nitrogen and oxygen atoms in total. The summed E-state index contributed by atoms with van der Waals surface area (Å²) in [7, 11) is -1.43. The third-order valence-corrected chi connectivity index (χ3v) is 2.67. The second-order valence-corrected chi connectivity index (χ2v) is 3.78. The molecule has 3 heteroatoms. The van der Waals surface area contributed by atoms with Gasteiger partial charge in [-0.2, -0.15) is 0 Å². The topological polar surface area (TPSA) is 40.5 Å². The van der Waals surface area contributed by atoms with E-state index in [0.717, 1.165) is 16.7 Å². The first kappa shape index (κ1) is 10.9. The first-order chi connectivity index (χ1) is 7.70. The highest BCUT2D eigenvalue weighted by atomic mass is 16.4. The molecule has 0 aliphatic heterocycles. The third-order valence-electron chi connectivity index (χ3n) is 2.67. The second kappa shape index (κ2) is 4.52. The van der Waals surface area contributed by atoms with Crippen LogP contribution in [0, 0.1) is 6.92 Å². The van der Waals surface area contributed by atoms with Crippen LogP contribution in [0.5, 0.6) is 0 Å². The molecule has 0 aromatic heterocycles. The van der Waals surface area contributed by atoms with Gasteiger partial charge in [0.2, 0.25) is 0 Å². The molecule has 80 valence electrons. The summed E-state index contributed by atoms with van der Waals surface area (Å²) < 4.78 is 0. The summed E-state index contributed by atoms with van der Waals surface area (Å²) in [6, 6.07) is 15.2. The number of rotatable bonds is 2. The Morgan fingerprint density at radius 1 is 0.812 bits per heavy atom. The molecule has 0 heterocycles. The Morgan fingerprint density at radius 2 is 1.38 bits per heavy atom. The Labute approximate surface area is 95.3 Å². The first-order valence-electron chi connectivity index (χ1n) is 5.21. The molecule has 2 rings (SSSR count). The van der Waals surface area contributed by atoms with Gasteiger partial charge in [-0.1, -0.05) is 48.5 Å². The van der Waals surface area contributed by atoms with E-state index in [0.29, 0.717) is 5.46 Å². The van der Waals surface area contributed by atoms with Gasteiger partial charge in [0.1, 0.15) is 0 Å². The van der Waals surface area contributed by atoms with Gasteiger partial charge < -0.3 is 10.0 Å². The van der Waals surface area contributed by atoms with Crippen LogP contribution in [0.2, 0.25) is 0 Å². The molecule has 0 atom stereocenters. The molecular weight excluding hydrogens is 199 g/mol. The maximum Gasteiger partial charge on any atom is 0.489 e. The fourth-order valence-electron chi connectivity index (χ4n) is 1.84. The summed E-state index contributed by atoms with van der Waals surface area (Å²) >= 11 is 0. The van der Waals surface area contributed by atoms with E-state index in [2.05, 4.69) is 0 Å². The van der Waals surface area contributed by atoms with Crippen molar-refractivity contribution in [2.24, 2.45) is 0 Å². The lowest BCUT2D eigenvalue weighted by molar-refractivity contribution is 0.426. The fourth-order valence-corrected chi connectivity index (χ4v) is 1.84. The smallest absolute Gasteiger partial charge is 0.423 e. The highest BCUT2D eigenvalue weighted by Crippen LogP contribution is 2.21. The molecule has 0 aliphatic carbocycles. The monoisotopic (exact) mass is 212 g/mol. The summed E-state index contributed by atoms with van der Waals surface area (Å²) in [4.78, 5) is 0. The van der Waals surface area contributed by atoms with E-state index in [-0.39, 0.29) is 0 Å². The van der Waals surface area contributed by atoms with Crippen LogP contribution < -0.4 is 5.46 Å². The van der Waals surface area contributed by atoms with Gasteiger partial charge in [-0.3, -0.25) is 0 Å². The maximum atomic E-state index is 9.31. The summed E-state index contributed by atoms with van der Waals surface area (Å²) in [5.74, 6) is 0. The largest absolute Gasteiger partial charge is 0.489 e. The average molecular weight is 212 g/mol. The summed E-state index contributed by atoms with van der Waals surface area (Å²) in [6.07, 6.45) is 0. The van der Waals surface area contributed by atoms with Gasteiger partial charge in [0.15, 0.2) is 0 Å². The molecule has 0 radical (unpaired) electrons. The Hall–Kier alpha value is -1.58. The minimum absolute atomic E-state index is 0.539. The molecule has 0 aliphatic rings. The van der Waals surface area contributed by atoms with Crippen LogP contribution in [0.1, 0.15) is 5.56 Å². The average Bonchev–Trinajstić information content (AvgIpc) is 2.29. The zero-order chi connectivity index (χ0) is 11.5. The summed E-state index contributed by atoms with van der Waals surface area (Å²) in [5.41, 5.74) is 3.56. The standard InChI is InChI=1S/C13H13BO2/c1-10-6-2-3-7-11(10)12-8-4-5-9-13(12)14(15)16/h2-9,15-16H,1H3. The molecule has 0 amide bonds. The Bertz CT molecular complexity index is 495. The fraction of sp³-hybridized carbons (Fsp3) is 0.0769. The van der Waals surface area contributed by atoms with Crippen LogP contribution in [0.25, 0.3) is 11.1 Å². The van der Waals surface area contributed by atoms with Gasteiger partial charge in [-0.15, -0.1) is 0 Å². The molecule has 0 bridgehead atoms. The number of aryl methyl sites for hydroxylation is 1. The molecule has 0 fully saturated rings. The van der Waals surface area contributed by atoms with E-state index < -0.39 is 7.12 Å². The lowest BCUT2D eigenvalue weighted by atomic mass is 9.75. The molecule has 0 spiro atoms. The summed E-state index contributed by atoms with van der Waals surface area (Å²) in [5, 5.41) is 18.6. The zero-order valence-electron chi connectivity index (χ0n) is 9.09. The third kappa shape index (κ3) is 2.01. The van der Waals surface area contributed by atoms with E-state index in [1.54, 1.807) is 12.1 Å². The SMILES string of the molecule is Cc1ccccc1-c1ccccc1B(O)O. The first-order valence-corrected chi connectivity index (χ1v) is 5.21. The van der Waals surface area contributed by atoms with E-state index in [9.17, 15) is 10.0 Å². The van der Waals surface area contributed by atoms with Crippen LogP contribution >= 0.6 is 0 Å². The molecule has 16 heavy (non-hydrogen) atoms. The van der Waals surface area contributed by atoms with Crippen molar-refractivity contribution in [2.45, 2.75) is 6.92 Å². The van der Waals surface area contributed by atoms with Crippen LogP contribution in [-0.2, 0) is 0 Å². The van der Waals surface area contributed by atoms with E-state index in [1.807, 2.05) is 43.3 Å². The van der Waals surface area contributed by atoms with Gasteiger partial charge >= 0.3 is 7.12 Å². The van der Waals surface area contributed by atoms with Crippen LogP contribution in [0.4, 0.5) is 0 Å². The van der Waals surface area contributed by atoms with Gasteiger partial charge in [-0.25, -0.2) is 0 Å². The molecule has 2 N–H and O–H groups in total. The Kier molecular flexibility index (Phi) is 3.08. The quantitative estimate of drug-likeness (QED) is 0.737. The highest BCUT2D eigenvalue weighted by Gasteiger charge is 2.16. The lowest BCUT2D eigenvalue weighted by Gasteiger charge is -2.11. The number of hydrogen-bond acceptors (Lipinski definition) is 2. The van der Waals surface area contributed by atoms with Crippen molar-refractivity contribution in [3.05, 3.63) is 54.1 Å². The van der Waals surface area contributed by atoms with Gasteiger partial charge in [0, 0.05) is 0 Å². The normalized spacial score (nSPS) is 10.2. The van der Waals surface area contributed by atoms with Crippen molar-refractivity contribution >= 4 is 12.6 Å². The highest BCUT2D eigenvalue weighted by molar-refractivity contribution is 6.60. The number of hydrogen-bond donors (Lipinski definition) is 2. The van der Waals surface area contributed by atoms with Crippen molar-refractivity contribution in [1.29, 1.82) is 0 Å². The number of benzene rings is 2. The minimum atomic E-state index is -1.43. The van der Waals surface area contributed by atoms with Crippen molar-refractivity contribution < 1.29 is 10.0 Å². The van der Waals surface area contributed by atoms with E-state index >= 15 is 0 Å². The molecule has 0 unspecified atom stereocenters. The van der Waals surface area contributed by atoms with Gasteiger partial charge in [0.25, 0.3) is 0 Å². The van der Waals surface area contributed by atoms with Crippen LogP contribution in [0.15, 0.2) is 48.5 Å². The van der Waals surface area contributed by atoms with Crippen LogP contribution in [0.3, 0.4) is 0 Å². The van der Waals surface area contributed by atoms with Gasteiger partial charge in [0.05, 0.1) is 0 Å². The molecule has 0 saturated carbocycles. The Morgan fingerprint density at radius 3 is 2.00 bits per heavy atom. The van der Waals surface area contributed by atoms with Crippen molar-refractivity contribution in [3.8, 4) is 11.1 Å². The van der Waals surface area contributed by atoms with Crippen molar-refractivity contribution in [3.63, 3.8) is 0 Å². The minimum Gasteiger partial charge on any atom is -0.423 e. The zero-order valence-corrected chi connectivity index (χ0v) is 9.09. The molecule has 2 aromatic carbocycles. The van der Waals surface area contributed by atoms with Crippen molar-refractivity contribution in [2.75, 3.05) is 0 Å². The molecule has 2 aromatic rings.